The number of halogens is 2. The maximum absolute atomic E-state index is 13.8. The zero-order valence-electron chi connectivity index (χ0n) is 18.4. The first kappa shape index (κ1) is 21.5. The topological polar surface area (TPSA) is 50.8 Å². The maximum Gasteiger partial charge on any atom is 0.407 e. The molecule has 1 N–H and O–H groups in total. The zero-order chi connectivity index (χ0) is 22.5. The molecule has 2 aromatic carbocycles. The van der Waals surface area contributed by atoms with Crippen LogP contribution in [0.15, 0.2) is 36.4 Å². The van der Waals surface area contributed by atoms with Crippen molar-refractivity contribution in [1.82, 2.24) is 10.2 Å². The largest absolute Gasteiger partial charge is 0.493 e. The van der Waals surface area contributed by atoms with Gasteiger partial charge < -0.3 is 14.8 Å². The highest BCUT2D eigenvalue weighted by atomic mass is 35.5. The lowest BCUT2D eigenvalue weighted by Crippen LogP contribution is -2.53. The molecular weight excluding hydrogens is 431 g/mol. The number of nitrogens with zero attached hydrogens (tertiary/aromatic N) is 1. The summed E-state index contributed by atoms with van der Waals surface area (Å²) < 4.78 is 25.7. The summed E-state index contributed by atoms with van der Waals surface area (Å²) in [4.78, 5) is 15.2. The van der Waals surface area contributed by atoms with Gasteiger partial charge in [0.05, 0.1) is 12.6 Å². The van der Waals surface area contributed by atoms with Crippen molar-refractivity contribution in [3.05, 3.63) is 52.8 Å². The third-order valence-electron chi connectivity index (χ3n) is 7.06. The molecule has 5 nitrogen and oxygen atoms in total. The number of nitrogens with one attached hydrogen (secondary N) is 1. The van der Waals surface area contributed by atoms with Gasteiger partial charge in [0.25, 0.3) is 0 Å². The second kappa shape index (κ2) is 8.23. The van der Waals surface area contributed by atoms with E-state index in [0.717, 1.165) is 43.6 Å². The molecule has 1 unspecified atom stereocenters. The molecule has 3 fully saturated rings. The Labute approximate surface area is 192 Å². The third-order valence-corrected chi connectivity index (χ3v) is 7.39. The molecule has 0 spiro atoms. The quantitative estimate of drug-likeness (QED) is 0.666. The molecule has 4 heterocycles. The molecule has 0 aromatic heterocycles. The summed E-state index contributed by atoms with van der Waals surface area (Å²) in [6, 6.07) is 9.70. The van der Waals surface area contributed by atoms with Gasteiger partial charge in [-0.15, -0.1) is 0 Å². The molecule has 170 valence electrons. The van der Waals surface area contributed by atoms with E-state index in [1.165, 1.54) is 12.1 Å². The van der Waals surface area contributed by atoms with Crippen LogP contribution in [0.5, 0.6) is 5.75 Å². The number of piperidine rings is 3. The Balaban J connectivity index is 1.37. The minimum Gasteiger partial charge on any atom is -0.493 e. The van der Waals surface area contributed by atoms with E-state index < -0.39 is 0 Å². The van der Waals surface area contributed by atoms with Gasteiger partial charge >= 0.3 is 6.09 Å². The molecule has 4 aliphatic heterocycles. The molecule has 4 aliphatic rings. The van der Waals surface area contributed by atoms with Crippen molar-refractivity contribution in [1.29, 1.82) is 0 Å². The van der Waals surface area contributed by atoms with Crippen molar-refractivity contribution in [3.8, 4) is 16.9 Å². The first-order chi connectivity index (χ1) is 15.3. The number of alkyl carbamates (subject to hydrolysis) is 1. The van der Waals surface area contributed by atoms with Gasteiger partial charge in [-0.05, 0) is 61.7 Å². The number of carbonyl (C=O) groups is 1. The van der Waals surface area contributed by atoms with E-state index in [2.05, 4.69) is 24.1 Å². The average molecular weight is 459 g/mol. The van der Waals surface area contributed by atoms with Gasteiger partial charge in [-0.3, -0.25) is 4.90 Å². The summed E-state index contributed by atoms with van der Waals surface area (Å²) in [6.07, 6.45) is 1.76. The average Bonchev–Trinajstić information content (AvgIpc) is 2.78. The Morgan fingerprint density at radius 3 is 2.72 bits per heavy atom. The molecule has 32 heavy (non-hydrogen) atoms. The molecule has 2 atom stereocenters. The minimum absolute atomic E-state index is 0.0441. The number of ether oxygens (including phenoxy) is 2. The van der Waals surface area contributed by atoms with Crippen LogP contribution in [-0.4, -0.2) is 43.3 Å². The molecule has 0 aliphatic carbocycles. The van der Waals surface area contributed by atoms with Crippen molar-refractivity contribution in [2.24, 2.45) is 11.3 Å². The number of hydrogen-bond acceptors (Lipinski definition) is 4. The van der Waals surface area contributed by atoms with E-state index in [9.17, 15) is 9.18 Å². The number of rotatable bonds is 3. The van der Waals surface area contributed by atoms with E-state index in [4.69, 9.17) is 21.1 Å². The summed E-state index contributed by atoms with van der Waals surface area (Å²) >= 11 is 6.29. The predicted octanol–water partition coefficient (Wildman–Crippen LogP) is 5.43. The van der Waals surface area contributed by atoms with Crippen molar-refractivity contribution < 1.29 is 18.7 Å². The lowest BCUT2D eigenvalue weighted by atomic mass is 9.78. The second-order valence-electron chi connectivity index (χ2n) is 9.81. The van der Waals surface area contributed by atoms with Crippen LogP contribution >= 0.6 is 11.6 Å². The summed E-state index contributed by atoms with van der Waals surface area (Å²) in [5.41, 5.74) is 1.93. The van der Waals surface area contributed by atoms with E-state index in [0.29, 0.717) is 28.9 Å². The standard InChI is InChI=1S/C25H28ClFN2O3/c1-25(2)14-31-21-11-16(19-12-17(27)4-6-20(19)26)3-5-18(21)23(25)28-24(30)32-22-13-29-9-7-15(22)8-10-29/h3-6,11-12,15,22-23H,7-10,13-14H2,1-2H3,(H,28,30)/t22-,23?/m0/s1. The van der Waals surface area contributed by atoms with Gasteiger partial charge in [-0.1, -0.05) is 37.6 Å². The second-order valence-corrected chi connectivity index (χ2v) is 10.2. The summed E-state index contributed by atoms with van der Waals surface area (Å²) in [6.45, 7) is 7.59. The Hall–Kier alpha value is -2.31. The van der Waals surface area contributed by atoms with Gasteiger partial charge in [0.2, 0.25) is 0 Å². The van der Waals surface area contributed by atoms with Crippen LogP contribution in [0.1, 0.15) is 38.3 Å². The molecule has 0 radical (unpaired) electrons. The molecule has 1 amide bonds. The van der Waals surface area contributed by atoms with Crippen molar-refractivity contribution in [3.63, 3.8) is 0 Å². The summed E-state index contributed by atoms with van der Waals surface area (Å²) in [5, 5.41) is 3.58. The number of hydrogen-bond donors (Lipinski definition) is 1. The zero-order valence-corrected chi connectivity index (χ0v) is 19.1. The Morgan fingerprint density at radius 2 is 2.00 bits per heavy atom. The fourth-order valence-electron chi connectivity index (χ4n) is 5.16. The van der Waals surface area contributed by atoms with Crippen LogP contribution in [-0.2, 0) is 4.74 Å². The van der Waals surface area contributed by atoms with E-state index >= 15 is 0 Å². The van der Waals surface area contributed by atoms with E-state index in [-0.39, 0.29) is 29.5 Å². The highest BCUT2D eigenvalue weighted by molar-refractivity contribution is 6.33. The molecule has 7 heteroatoms. The van der Waals surface area contributed by atoms with Crippen molar-refractivity contribution in [2.45, 2.75) is 38.8 Å². The minimum atomic E-state index is -0.382. The van der Waals surface area contributed by atoms with Crippen LogP contribution in [0.4, 0.5) is 9.18 Å². The first-order valence-corrected chi connectivity index (χ1v) is 11.6. The van der Waals surface area contributed by atoms with Crippen LogP contribution in [0.2, 0.25) is 5.02 Å². The maximum atomic E-state index is 13.8. The molecule has 3 saturated heterocycles. The van der Waals surface area contributed by atoms with Crippen molar-refractivity contribution in [2.75, 3.05) is 26.2 Å². The van der Waals surface area contributed by atoms with Crippen LogP contribution in [0.3, 0.4) is 0 Å². The van der Waals surface area contributed by atoms with Gasteiger partial charge in [0.1, 0.15) is 17.7 Å². The molecular formula is C25H28ClFN2O3. The van der Waals surface area contributed by atoms with Gasteiger partial charge in [-0.2, -0.15) is 0 Å². The number of carbonyl (C=O) groups excluding carboxylic acids is 1. The Bertz CT molecular complexity index is 1040. The number of amides is 1. The van der Waals surface area contributed by atoms with Crippen LogP contribution < -0.4 is 10.1 Å². The highest BCUT2D eigenvalue weighted by Crippen LogP contribution is 2.45. The first-order valence-electron chi connectivity index (χ1n) is 11.2. The van der Waals surface area contributed by atoms with Gasteiger partial charge in [0.15, 0.2) is 0 Å². The Kier molecular flexibility index (Phi) is 5.54. The third kappa shape index (κ3) is 4.06. The lowest BCUT2D eigenvalue weighted by Gasteiger charge is -2.44. The predicted molar refractivity (Wildman–Crippen MR) is 121 cm³/mol. The molecule has 2 aromatic rings. The van der Waals surface area contributed by atoms with Crippen molar-refractivity contribution >= 4 is 17.7 Å². The lowest BCUT2D eigenvalue weighted by molar-refractivity contribution is -0.0361. The smallest absolute Gasteiger partial charge is 0.407 e. The summed E-state index contributed by atoms with van der Waals surface area (Å²) in [5.74, 6) is 0.772. The highest BCUT2D eigenvalue weighted by Gasteiger charge is 2.41. The van der Waals surface area contributed by atoms with E-state index in [1.54, 1.807) is 6.07 Å². The fourth-order valence-corrected chi connectivity index (χ4v) is 5.39. The molecule has 2 bridgehead atoms. The molecule has 0 saturated carbocycles. The molecule has 6 rings (SSSR count). The fraction of sp³-hybridized carbons (Fsp3) is 0.480. The SMILES string of the molecule is CC1(C)COc2cc(-c3cc(F)ccc3Cl)ccc2C1NC(=O)O[C@H]1CN2CCC1CC2. The normalized spacial score (nSPS) is 27.9. The number of fused-ring (bicyclic) bond motifs is 4. The monoisotopic (exact) mass is 458 g/mol. The van der Waals surface area contributed by atoms with Gasteiger partial charge in [-0.25, -0.2) is 9.18 Å². The van der Waals surface area contributed by atoms with Crippen LogP contribution in [0, 0.1) is 17.2 Å². The van der Waals surface area contributed by atoms with E-state index in [1.807, 2.05) is 18.2 Å². The Morgan fingerprint density at radius 1 is 1.22 bits per heavy atom. The summed E-state index contributed by atoms with van der Waals surface area (Å²) in [7, 11) is 0. The van der Waals surface area contributed by atoms with Gasteiger partial charge in [0, 0.05) is 28.1 Å². The number of benzene rings is 2. The van der Waals surface area contributed by atoms with Crippen LogP contribution in [0.25, 0.3) is 11.1 Å².